The van der Waals surface area contributed by atoms with Gasteiger partial charge in [0.05, 0.1) is 37.6 Å². The number of benzene rings is 2. The molecule has 2 aromatic carbocycles. The van der Waals surface area contributed by atoms with Crippen molar-refractivity contribution >= 4 is 36.2 Å². The molecule has 0 amide bonds. The molecule has 268 valence electrons. The van der Waals surface area contributed by atoms with E-state index in [1.54, 1.807) is 0 Å². The van der Waals surface area contributed by atoms with Gasteiger partial charge >= 0.3 is 36.2 Å². The second-order valence-electron chi connectivity index (χ2n) is 10.8. The van der Waals surface area contributed by atoms with Crippen LogP contribution in [0.1, 0.15) is 72.1 Å². The summed E-state index contributed by atoms with van der Waals surface area (Å²) in [6.45, 7) is 7.15. The summed E-state index contributed by atoms with van der Waals surface area (Å²) in [6, 6.07) is 11.7. The summed E-state index contributed by atoms with van der Waals surface area (Å²) in [5.74, 6) is -1.72. The number of carbonyl (C=O) groups is 6. The average molecular weight is 697 g/mol. The lowest BCUT2D eigenvalue weighted by molar-refractivity contribution is -0.138. The van der Waals surface area contributed by atoms with Crippen molar-refractivity contribution in [2.75, 3.05) is 26.4 Å². The Bertz CT molecular complexity index is 1350. The highest BCUT2D eigenvalue weighted by Gasteiger charge is 2.27. The van der Waals surface area contributed by atoms with Gasteiger partial charge in [-0.05, 0) is 99.9 Å². The number of esters is 4. The first-order chi connectivity index (χ1) is 24.2. The Morgan fingerprint density at radius 3 is 1.16 bits per heavy atom. The Labute approximate surface area is 289 Å². The summed E-state index contributed by atoms with van der Waals surface area (Å²) in [5.41, 5.74) is 0.551. The number of hydrogen-bond donors (Lipinski definition) is 0. The third-order valence-electron chi connectivity index (χ3n) is 7.09. The molecule has 14 nitrogen and oxygen atoms in total. The molecule has 3 rings (SSSR count). The molecular formula is C36H40O14. The molecule has 1 fully saturated rings. The molecule has 1 aliphatic carbocycles. The molecular weight excluding hydrogens is 656 g/mol. The van der Waals surface area contributed by atoms with E-state index in [0.29, 0.717) is 51.4 Å². The number of carbonyl (C=O) groups excluding carboxylic acids is 6. The zero-order valence-corrected chi connectivity index (χ0v) is 27.5. The molecule has 0 heterocycles. The molecule has 0 N–H and O–H groups in total. The van der Waals surface area contributed by atoms with Gasteiger partial charge in [-0.2, -0.15) is 0 Å². The van der Waals surface area contributed by atoms with Crippen LogP contribution in [0.2, 0.25) is 0 Å². The van der Waals surface area contributed by atoms with Crippen molar-refractivity contribution in [3.8, 4) is 11.5 Å². The molecule has 14 heteroatoms. The maximum absolute atomic E-state index is 12.7. The SMILES string of the molecule is C=CC(=O)OCCCCOC(=O)Oc1ccc(C(=O)OC2CCC(OC(=O)c3ccc(OC(=O)OCCCCOC(=O)C=C)cc3)CC2)cc1. The Hall–Kier alpha value is -5.66. The van der Waals surface area contributed by atoms with Gasteiger partial charge in [-0.1, -0.05) is 13.2 Å². The molecule has 0 aromatic heterocycles. The molecule has 2 aromatic rings. The van der Waals surface area contributed by atoms with Gasteiger partial charge < -0.3 is 37.9 Å². The molecule has 0 bridgehead atoms. The predicted molar refractivity (Wildman–Crippen MR) is 174 cm³/mol. The predicted octanol–water partition coefficient (Wildman–Crippen LogP) is 6.06. The Morgan fingerprint density at radius 1 is 0.520 bits per heavy atom. The van der Waals surface area contributed by atoms with Gasteiger partial charge in [0.2, 0.25) is 0 Å². The van der Waals surface area contributed by atoms with E-state index in [-0.39, 0.29) is 61.3 Å². The first kappa shape index (κ1) is 38.8. The van der Waals surface area contributed by atoms with Crippen molar-refractivity contribution in [2.45, 2.75) is 63.6 Å². The number of unbranched alkanes of at least 4 members (excludes halogenated alkanes) is 2. The van der Waals surface area contributed by atoms with E-state index < -0.39 is 36.2 Å². The first-order valence-corrected chi connectivity index (χ1v) is 16.1. The fourth-order valence-corrected chi connectivity index (χ4v) is 4.46. The van der Waals surface area contributed by atoms with Gasteiger partial charge in [0.1, 0.15) is 23.7 Å². The second kappa shape index (κ2) is 21.3. The third-order valence-corrected chi connectivity index (χ3v) is 7.09. The van der Waals surface area contributed by atoms with Crippen molar-refractivity contribution in [3.63, 3.8) is 0 Å². The highest BCUT2D eigenvalue weighted by Crippen LogP contribution is 2.26. The average Bonchev–Trinajstić information content (AvgIpc) is 3.12. The van der Waals surface area contributed by atoms with E-state index in [0.717, 1.165) is 12.2 Å². The molecule has 1 aliphatic rings. The van der Waals surface area contributed by atoms with Crippen LogP contribution in [-0.2, 0) is 38.0 Å². The minimum absolute atomic E-state index is 0.0845. The van der Waals surface area contributed by atoms with E-state index in [1.807, 2.05) is 0 Å². The van der Waals surface area contributed by atoms with Crippen molar-refractivity contribution in [1.29, 1.82) is 0 Å². The van der Waals surface area contributed by atoms with Gasteiger partial charge in [-0.15, -0.1) is 0 Å². The fraction of sp³-hybridized carbons (Fsp3) is 0.389. The summed E-state index contributed by atoms with van der Waals surface area (Å²) in [7, 11) is 0. The molecule has 0 atom stereocenters. The molecule has 0 unspecified atom stereocenters. The van der Waals surface area contributed by atoms with Crippen LogP contribution in [0.25, 0.3) is 0 Å². The summed E-state index contributed by atoms with van der Waals surface area (Å²) in [5, 5.41) is 0. The summed E-state index contributed by atoms with van der Waals surface area (Å²) < 4.78 is 41.1. The van der Waals surface area contributed by atoms with Crippen LogP contribution in [0, 0.1) is 0 Å². The highest BCUT2D eigenvalue weighted by atomic mass is 16.7. The summed E-state index contributed by atoms with van der Waals surface area (Å²) in [4.78, 5) is 71.0. The van der Waals surface area contributed by atoms with Crippen LogP contribution in [-0.4, -0.2) is 74.8 Å². The highest BCUT2D eigenvalue weighted by molar-refractivity contribution is 5.90. The lowest BCUT2D eigenvalue weighted by Gasteiger charge is -2.28. The molecule has 0 spiro atoms. The number of ether oxygens (including phenoxy) is 8. The lowest BCUT2D eigenvalue weighted by Crippen LogP contribution is -2.29. The first-order valence-electron chi connectivity index (χ1n) is 16.1. The van der Waals surface area contributed by atoms with Gasteiger partial charge in [-0.3, -0.25) is 0 Å². The Kier molecular flexibility index (Phi) is 16.6. The van der Waals surface area contributed by atoms with Gasteiger partial charge in [0.25, 0.3) is 0 Å². The molecule has 0 saturated heterocycles. The van der Waals surface area contributed by atoms with Crippen LogP contribution in [0.15, 0.2) is 73.8 Å². The standard InChI is InChI=1S/C36H40O14/c1-3-31(37)43-21-5-7-23-45-35(41)49-29-13-9-25(10-14-29)33(39)47-27-17-19-28(20-18-27)48-34(40)26-11-15-30(16-12-26)50-36(42)46-24-8-6-22-44-32(38)4-2/h3-4,9-16,27-28H,1-2,5-8,17-24H2. The van der Waals surface area contributed by atoms with E-state index in [1.165, 1.54) is 48.5 Å². The van der Waals surface area contributed by atoms with E-state index >= 15 is 0 Å². The Balaban J connectivity index is 1.29. The molecule has 1 saturated carbocycles. The van der Waals surface area contributed by atoms with E-state index in [2.05, 4.69) is 13.2 Å². The zero-order chi connectivity index (χ0) is 36.1. The Morgan fingerprint density at radius 2 is 0.840 bits per heavy atom. The van der Waals surface area contributed by atoms with Gasteiger partial charge in [0.15, 0.2) is 0 Å². The van der Waals surface area contributed by atoms with Crippen LogP contribution in [0.3, 0.4) is 0 Å². The maximum Gasteiger partial charge on any atom is 0.513 e. The maximum atomic E-state index is 12.7. The van der Waals surface area contributed by atoms with Crippen molar-refractivity contribution in [2.24, 2.45) is 0 Å². The number of hydrogen-bond acceptors (Lipinski definition) is 14. The van der Waals surface area contributed by atoms with Gasteiger partial charge in [-0.25, -0.2) is 28.8 Å². The van der Waals surface area contributed by atoms with Crippen molar-refractivity contribution in [1.82, 2.24) is 0 Å². The zero-order valence-electron chi connectivity index (χ0n) is 27.5. The largest absolute Gasteiger partial charge is 0.513 e. The topological polar surface area (TPSA) is 176 Å². The van der Waals surface area contributed by atoms with Crippen molar-refractivity contribution in [3.05, 3.63) is 85.0 Å². The molecule has 0 aliphatic heterocycles. The minimum Gasteiger partial charge on any atom is -0.463 e. The normalized spacial score (nSPS) is 15.0. The third kappa shape index (κ3) is 14.6. The summed E-state index contributed by atoms with van der Waals surface area (Å²) in [6.07, 6.45) is 3.60. The van der Waals surface area contributed by atoms with Gasteiger partial charge in [0, 0.05) is 12.2 Å². The molecule has 0 radical (unpaired) electrons. The van der Waals surface area contributed by atoms with E-state index in [9.17, 15) is 28.8 Å². The van der Waals surface area contributed by atoms with E-state index in [4.69, 9.17) is 37.9 Å². The summed E-state index contributed by atoms with van der Waals surface area (Å²) >= 11 is 0. The monoisotopic (exact) mass is 696 g/mol. The minimum atomic E-state index is -0.903. The van der Waals surface area contributed by atoms with Crippen LogP contribution in [0.5, 0.6) is 11.5 Å². The second-order valence-corrected chi connectivity index (χ2v) is 10.8. The smallest absolute Gasteiger partial charge is 0.463 e. The lowest BCUT2D eigenvalue weighted by atomic mass is 9.95. The molecule has 50 heavy (non-hydrogen) atoms. The van der Waals surface area contributed by atoms with Crippen LogP contribution < -0.4 is 9.47 Å². The number of rotatable bonds is 18. The fourth-order valence-electron chi connectivity index (χ4n) is 4.46. The van der Waals surface area contributed by atoms with Crippen molar-refractivity contribution < 1.29 is 66.7 Å². The quantitative estimate of drug-likeness (QED) is 0.0578. The van der Waals surface area contributed by atoms with Crippen LogP contribution in [0.4, 0.5) is 9.59 Å². The van der Waals surface area contributed by atoms with Crippen LogP contribution >= 0.6 is 0 Å².